The van der Waals surface area contributed by atoms with Gasteiger partial charge in [-0.3, -0.25) is 9.59 Å². The molecule has 196 valence electrons. The summed E-state index contributed by atoms with van der Waals surface area (Å²) in [5.74, 6) is 6.74. The normalized spacial score (nSPS) is 32.5. The van der Waals surface area contributed by atoms with Crippen LogP contribution in [-0.2, 0) is 9.59 Å². The van der Waals surface area contributed by atoms with Crippen LogP contribution in [0.5, 0.6) is 0 Å². The number of carboxylic acid groups (broad SMARTS) is 1. The van der Waals surface area contributed by atoms with Crippen molar-refractivity contribution in [3.05, 3.63) is 52.6 Å². The van der Waals surface area contributed by atoms with E-state index in [0.717, 1.165) is 44.2 Å². The van der Waals surface area contributed by atoms with Crippen molar-refractivity contribution in [3.8, 4) is 11.8 Å². The quantitative estimate of drug-likeness (QED) is 0.493. The van der Waals surface area contributed by atoms with Crippen molar-refractivity contribution in [1.29, 1.82) is 0 Å². The number of nitrogens with zero attached hydrogens (tertiary/aromatic N) is 1. The number of hydrogen-bond acceptors (Lipinski definition) is 4. The number of hydrogen-bond donors (Lipinski definition) is 2. The van der Waals surface area contributed by atoms with Crippen molar-refractivity contribution in [2.45, 2.75) is 83.2 Å². The lowest BCUT2D eigenvalue weighted by atomic mass is 9.51. The number of aliphatic hydroxyl groups is 1. The number of anilines is 1. The van der Waals surface area contributed by atoms with Crippen LogP contribution in [0.1, 0.15) is 83.1 Å². The van der Waals surface area contributed by atoms with Gasteiger partial charge in [0.05, 0.1) is 0 Å². The first-order chi connectivity index (χ1) is 17.7. The summed E-state index contributed by atoms with van der Waals surface area (Å²) in [4.78, 5) is 25.2. The second kappa shape index (κ2) is 9.80. The Kier molecular flexibility index (Phi) is 6.83. The Labute approximate surface area is 220 Å². The van der Waals surface area contributed by atoms with Crippen molar-refractivity contribution in [3.63, 3.8) is 0 Å². The Morgan fingerprint density at radius 3 is 2.62 bits per heavy atom. The molecule has 0 amide bonds. The molecule has 0 saturated heterocycles. The van der Waals surface area contributed by atoms with Crippen LogP contribution in [0.3, 0.4) is 0 Å². The van der Waals surface area contributed by atoms with E-state index in [0.29, 0.717) is 31.2 Å². The number of allylic oxidation sites excluding steroid dienone is 4. The van der Waals surface area contributed by atoms with Crippen molar-refractivity contribution >= 4 is 17.4 Å². The van der Waals surface area contributed by atoms with Crippen molar-refractivity contribution in [2.24, 2.45) is 17.3 Å². The predicted octanol–water partition coefficient (Wildman–Crippen LogP) is 5.64. The first-order valence-corrected chi connectivity index (χ1v) is 13.8. The van der Waals surface area contributed by atoms with Crippen LogP contribution in [0.25, 0.3) is 0 Å². The highest BCUT2D eigenvalue weighted by Crippen LogP contribution is 2.66. The molecule has 0 aliphatic heterocycles. The third kappa shape index (κ3) is 4.44. The number of rotatable bonds is 6. The Bertz CT molecular complexity index is 1220. The van der Waals surface area contributed by atoms with Gasteiger partial charge in [-0.05, 0) is 98.6 Å². The second-order valence-corrected chi connectivity index (χ2v) is 11.8. The Morgan fingerprint density at radius 1 is 1.16 bits per heavy atom. The van der Waals surface area contributed by atoms with Gasteiger partial charge in [0, 0.05) is 43.5 Å². The number of carbonyl (C=O) groups is 2. The number of carbonyl (C=O) groups excluding carboxylic acids is 1. The lowest BCUT2D eigenvalue weighted by Gasteiger charge is -2.53. The predicted molar refractivity (Wildman–Crippen MR) is 145 cm³/mol. The number of benzene rings is 1. The second-order valence-electron chi connectivity index (χ2n) is 11.8. The molecule has 5 nitrogen and oxygen atoms in total. The molecule has 4 aliphatic rings. The molecular formula is C32H39NO4. The molecule has 0 unspecified atom stereocenters. The van der Waals surface area contributed by atoms with Gasteiger partial charge < -0.3 is 15.1 Å². The smallest absolute Gasteiger partial charge is 0.303 e. The van der Waals surface area contributed by atoms with Gasteiger partial charge in [0.15, 0.2) is 5.78 Å². The van der Waals surface area contributed by atoms with Gasteiger partial charge in [-0.15, -0.1) is 5.92 Å². The molecule has 0 heterocycles. The minimum Gasteiger partial charge on any atom is -0.481 e. The number of carboxylic acids is 1. The molecule has 1 aromatic carbocycles. The van der Waals surface area contributed by atoms with E-state index in [2.05, 4.69) is 47.9 Å². The maximum absolute atomic E-state index is 12.2. The first kappa shape index (κ1) is 25.8. The van der Waals surface area contributed by atoms with Crippen LogP contribution in [-0.4, -0.2) is 41.2 Å². The topological polar surface area (TPSA) is 77.8 Å². The molecule has 0 bridgehead atoms. The fourth-order valence-corrected chi connectivity index (χ4v) is 7.93. The van der Waals surface area contributed by atoms with Crippen LogP contribution < -0.4 is 4.90 Å². The van der Waals surface area contributed by atoms with E-state index < -0.39 is 11.6 Å². The molecule has 4 aliphatic carbocycles. The van der Waals surface area contributed by atoms with Crippen LogP contribution in [0, 0.1) is 29.1 Å². The molecule has 37 heavy (non-hydrogen) atoms. The SMILES string of the molecule is CC#C[C@]1(O)CC[C@H]2[C@@H]3CCC4=CC(=O)CCC4=C3[C@@H](c3ccc(N(C)CCCC(=O)O)cc3)C[C@@]21C. The number of aliphatic carboxylic acids is 1. The molecule has 5 heteroatoms. The third-order valence-electron chi connectivity index (χ3n) is 9.84. The zero-order valence-corrected chi connectivity index (χ0v) is 22.3. The van der Waals surface area contributed by atoms with Crippen molar-refractivity contribution in [1.82, 2.24) is 0 Å². The van der Waals surface area contributed by atoms with Gasteiger partial charge in [0.2, 0.25) is 0 Å². The van der Waals surface area contributed by atoms with E-state index in [4.69, 9.17) is 5.11 Å². The van der Waals surface area contributed by atoms with Crippen molar-refractivity contribution < 1.29 is 19.8 Å². The van der Waals surface area contributed by atoms with E-state index in [9.17, 15) is 14.7 Å². The summed E-state index contributed by atoms with van der Waals surface area (Å²) in [5, 5.41) is 20.8. The number of fused-ring (bicyclic) bond motifs is 4. The molecule has 1 aromatic rings. The Balaban J connectivity index is 1.53. The highest BCUT2D eigenvalue weighted by atomic mass is 16.4. The van der Waals surface area contributed by atoms with E-state index >= 15 is 0 Å². The molecule has 5 atom stereocenters. The summed E-state index contributed by atoms with van der Waals surface area (Å²) in [6, 6.07) is 8.71. The van der Waals surface area contributed by atoms with E-state index in [1.54, 1.807) is 0 Å². The fourth-order valence-electron chi connectivity index (χ4n) is 7.93. The molecule has 2 N–H and O–H groups in total. The summed E-state index contributed by atoms with van der Waals surface area (Å²) in [7, 11) is 2.00. The summed E-state index contributed by atoms with van der Waals surface area (Å²) in [6.07, 6.45) is 8.66. The zero-order valence-electron chi connectivity index (χ0n) is 22.3. The third-order valence-corrected chi connectivity index (χ3v) is 9.84. The van der Waals surface area contributed by atoms with Gasteiger partial charge in [-0.2, -0.15) is 0 Å². The van der Waals surface area contributed by atoms with Crippen LogP contribution in [0.4, 0.5) is 5.69 Å². The molecule has 0 spiro atoms. The maximum atomic E-state index is 12.2. The summed E-state index contributed by atoms with van der Waals surface area (Å²) in [6.45, 7) is 4.78. The van der Waals surface area contributed by atoms with Gasteiger partial charge in [-0.25, -0.2) is 0 Å². The van der Waals surface area contributed by atoms with Crippen LogP contribution in [0.2, 0.25) is 0 Å². The molecular weight excluding hydrogens is 462 g/mol. The lowest BCUT2D eigenvalue weighted by Crippen LogP contribution is -2.51. The maximum Gasteiger partial charge on any atom is 0.303 e. The van der Waals surface area contributed by atoms with Gasteiger partial charge >= 0.3 is 5.97 Å². The number of ketones is 1. The van der Waals surface area contributed by atoms with Gasteiger partial charge in [0.25, 0.3) is 0 Å². The van der Waals surface area contributed by atoms with E-state index in [1.807, 2.05) is 20.0 Å². The van der Waals surface area contributed by atoms with Crippen LogP contribution >= 0.6 is 0 Å². The highest BCUT2D eigenvalue weighted by molar-refractivity contribution is 5.93. The summed E-state index contributed by atoms with van der Waals surface area (Å²) >= 11 is 0. The zero-order chi connectivity index (χ0) is 26.4. The van der Waals surface area contributed by atoms with Crippen molar-refractivity contribution in [2.75, 3.05) is 18.5 Å². The average Bonchev–Trinajstić information content (AvgIpc) is 3.13. The largest absolute Gasteiger partial charge is 0.481 e. The van der Waals surface area contributed by atoms with Crippen LogP contribution in [0.15, 0.2) is 47.1 Å². The molecule has 5 rings (SSSR count). The minimum atomic E-state index is -0.968. The molecule has 0 aromatic heterocycles. The minimum absolute atomic E-state index is 0.171. The summed E-state index contributed by atoms with van der Waals surface area (Å²) in [5.41, 5.74) is 5.25. The monoisotopic (exact) mass is 501 g/mol. The Hall–Kier alpha value is -2.84. The Morgan fingerprint density at radius 2 is 1.92 bits per heavy atom. The highest BCUT2D eigenvalue weighted by Gasteiger charge is 2.62. The summed E-state index contributed by atoms with van der Waals surface area (Å²) < 4.78 is 0. The molecule has 2 fully saturated rings. The standard InChI is InChI=1S/C32H39NO4/c1-4-16-32(37)17-15-28-26-13-9-22-19-24(34)12-14-25(22)30(26)27(20-31(28,32)2)21-7-10-23(11-8-21)33(3)18-5-6-29(35)36/h7-8,10-11,19,26-28,37H,5-6,9,12-15,17-18,20H2,1-3H3,(H,35,36)/t26-,27+,28-,31-,32-/m0/s1. The first-order valence-electron chi connectivity index (χ1n) is 13.8. The fraction of sp³-hybridized carbons (Fsp3) is 0.562. The van der Waals surface area contributed by atoms with E-state index in [-0.39, 0.29) is 23.5 Å². The molecule has 0 radical (unpaired) electrons. The lowest BCUT2D eigenvalue weighted by molar-refractivity contribution is -0.137. The van der Waals surface area contributed by atoms with E-state index in [1.165, 1.54) is 22.3 Å². The van der Waals surface area contributed by atoms with Gasteiger partial charge in [-0.1, -0.05) is 30.6 Å². The van der Waals surface area contributed by atoms with Gasteiger partial charge in [0.1, 0.15) is 5.60 Å². The molecule has 2 saturated carbocycles. The average molecular weight is 502 g/mol.